The third-order valence-corrected chi connectivity index (χ3v) is 5.04. The highest BCUT2D eigenvalue weighted by atomic mass is 16.5. The zero-order chi connectivity index (χ0) is 22.8. The van der Waals surface area contributed by atoms with E-state index in [1.165, 1.54) is 27.8 Å². The van der Waals surface area contributed by atoms with Gasteiger partial charge in [0.2, 0.25) is 6.41 Å². The summed E-state index contributed by atoms with van der Waals surface area (Å²) >= 11 is 0. The first-order valence-corrected chi connectivity index (χ1v) is 9.99. The number of nitrogens with two attached hydrogens (primary N) is 1. The molecule has 0 aliphatic heterocycles. The first kappa shape index (κ1) is 23.8. The molecular formula is C25H31N3O3. The van der Waals surface area contributed by atoms with E-state index in [4.69, 9.17) is 14.3 Å². The number of hydrazine groups is 1. The number of aryl methyl sites for hydroxylation is 3. The molecule has 0 aromatic heterocycles. The smallest absolute Gasteiger partial charge is 0.221 e. The van der Waals surface area contributed by atoms with Crippen molar-refractivity contribution in [3.63, 3.8) is 0 Å². The van der Waals surface area contributed by atoms with Crippen LogP contribution in [0.4, 0.5) is 5.69 Å². The Labute approximate surface area is 184 Å². The molecule has 0 aliphatic carbocycles. The van der Waals surface area contributed by atoms with Crippen molar-refractivity contribution in [2.24, 2.45) is 5.84 Å². The van der Waals surface area contributed by atoms with Crippen LogP contribution in [0.5, 0.6) is 11.5 Å². The van der Waals surface area contributed by atoms with Crippen molar-refractivity contribution < 1.29 is 14.3 Å². The molecule has 0 aliphatic rings. The maximum absolute atomic E-state index is 8.94. The topological polar surface area (TPSA) is 85.6 Å². The summed E-state index contributed by atoms with van der Waals surface area (Å²) in [5, 5.41) is 3.25. The third-order valence-electron chi connectivity index (χ3n) is 5.04. The Morgan fingerprint density at radius 3 is 2.23 bits per heavy atom. The Bertz CT molecular complexity index is 1000. The van der Waals surface area contributed by atoms with Gasteiger partial charge in [0.05, 0.1) is 7.11 Å². The van der Waals surface area contributed by atoms with Crippen molar-refractivity contribution in [1.82, 2.24) is 5.43 Å². The van der Waals surface area contributed by atoms with Gasteiger partial charge in [0, 0.05) is 18.3 Å². The van der Waals surface area contributed by atoms with Gasteiger partial charge in [-0.15, -0.1) is 0 Å². The van der Waals surface area contributed by atoms with Gasteiger partial charge in [0.15, 0.2) is 0 Å². The van der Waals surface area contributed by atoms with Crippen molar-refractivity contribution in [2.75, 3.05) is 19.5 Å². The Hall–Kier alpha value is -3.51. The lowest BCUT2D eigenvalue weighted by molar-refractivity contribution is -0.109. The van der Waals surface area contributed by atoms with E-state index >= 15 is 0 Å². The molecule has 3 rings (SSSR count). The standard InChI is InChI=1S/C24H27NO2.CH4N2O/c1-16-7-6-8-23(25-4)22(16)15-27-24-14-17(2)21(13-18(24)3)19-9-11-20(26-5)12-10-19;2-3-1-4/h6-14,25H,15H2,1-5H3;1H,2H2,(H,3,4). The van der Waals surface area contributed by atoms with Crippen LogP contribution in [0.3, 0.4) is 0 Å². The minimum atomic E-state index is 0.403. The molecule has 0 fully saturated rings. The van der Waals surface area contributed by atoms with Gasteiger partial charge >= 0.3 is 0 Å². The molecule has 0 radical (unpaired) electrons. The number of amides is 1. The molecule has 6 heteroatoms. The SMILES string of the molecule is CNc1cccc(C)c1COc1cc(C)c(-c2ccc(OC)cc2)cc1C.NNC=O. The number of anilines is 1. The van der Waals surface area contributed by atoms with E-state index in [1.807, 2.05) is 19.2 Å². The van der Waals surface area contributed by atoms with E-state index in [9.17, 15) is 0 Å². The molecule has 3 aromatic rings. The molecule has 0 saturated heterocycles. The molecule has 1 amide bonds. The number of hydrogen-bond acceptors (Lipinski definition) is 5. The monoisotopic (exact) mass is 421 g/mol. The quantitative estimate of drug-likeness (QED) is 0.226. The highest BCUT2D eigenvalue weighted by Gasteiger charge is 2.10. The minimum Gasteiger partial charge on any atom is -0.497 e. The van der Waals surface area contributed by atoms with Crippen molar-refractivity contribution in [3.8, 4) is 22.6 Å². The average Bonchev–Trinajstić information content (AvgIpc) is 2.80. The van der Waals surface area contributed by atoms with E-state index in [0.29, 0.717) is 13.0 Å². The van der Waals surface area contributed by atoms with Crippen molar-refractivity contribution in [3.05, 3.63) is 76.9 Å². The maximum atomic E-state index is 8.94. The summed E-state index contributed by atoms with van der Waals surface area (Å²) < 4.78 is 11.4. The summed E-state index contributed by atoms with van der Waals surface area (Å²) in [7, 11) is 3.63. The largest absolute Gasteiger partial charge is 0.497 e. The van der Waals surface area contributed by atoms with Gasteiger partial charge in [0.1, 0.15) is 18.1 Å². The lowest BCUT2D eigenvalue weighted by Crippen LogP contribution is -2.18. The van der Waals surface area contributed by atoms with Crippen LogP contribution in [0, 0.1) is 20.8 Å². The number of carbonyl (C=O) groups is 1. The first-order chi connectivity index (χ1) is 14.9. The predicted molar refractivity (Wildman–Crippen MR) is 126 cm³/mol. The van der Waals surface area contributed by atoms with Crippen molar-refractivity contribution in [1.29, 1.82) is 0 Å². The van der Waals surface area contributed by atoms with E-state index in [-0.39, 0.29) is 0 Å². The molecule has 164 valence electrons. The van der Waals surface area contributed by atoms with Crippen LogP contribution in [0.2, 0.25) is 0 Å². The highest BCUT2D eigenvalue weighted by Crippen LogP contribution is 2.32. The second-order valence-corrected chi connectivity index (χ2v) is 7.09. The number of methoxy groups -OCH3 is 1. The van der Waals surface area contributed by atoms with E-state index in [2.05, 4.69) is 74.4 Å². The molecule has 0 spiro atoms. The van der Waals surface area contributed by atoms with Crippen LogP contribution in [-0.4, -0.2) is 20.6 Å². The lowest BCUT2D eigenvalue weighted by Gasteiger charge is -2.17. The first-order valence-electron chi connectivity index (χ1n) is 9.99. The number of nitrogens with one attached hydrogen (secondary N) is 2. The summed E-state index contributed by atoms with van der Waals surface area (Å²) in [5.41, 5.74) is 10.0. The summed E-state index contributed by atoms with van der Waals surface area (Å²) in [6, 6.07) is 18.7. The van der Waals surface area contributed by atoms with Crippen LogP contribution in [0.15, 0.2) is 54.6 Å². The van der Waals surface area contributed by atoms with E-state index < -0.39 is 0 Å². The Balaban J connectivity index is 0.000000785. The van der Waals surface area contributed by atoms with Gasteiger partial charge in [-0.05, 0) is 78.9 Å². The molecule has 31 heavy (non-hydrogen) atoms. The highest BCUT2D eigenvalue weighted by molar-refractivity contribution is 5.70. The minimum absolute atomic E-state index is 0.403. The van der Waals surface area contributed by atoms with Gasteiger partial charge in [-0.3, -0.25) is 10.2 Å². The second kappa shape index (κ2) is 11.6. The number of carbonyl (C=O) groups excluding carboxylic acids is 1. The zero-order valence-electron chi connectivity index (χ0n) is 18.8. The van der Waals surface area contributed by atoms with Crippen LogP contribution in [-0.2, 0) is 11.4 Å². The Morgan fingerprint density at radius 2 is 1.65 bits per heavy atom. The number of rotatable bonds is 7. The van der Waals surface area contributed by atoms with Gasteiger partial charge in [-0.2, -0.15) is 0 Å². The molecule has 0 atom stereocenters. The molecule has 4 N–H and O–H groups in total. The molecule has 0 saturated carbocycles. The normalized spacial score (nSPS) is 9.87. The summed E-state index contributed by atoms with van der Waals surface area (Å²) in [4.78, 5) is 8.94. The zero-order valence-corrected chi connectivity index (χ0v) is 18.8. The fraction of sp³-hybridized carbons (Fsp3) is 0.240. The van der Waals surface area contributed by atoms with Crippen LogP contribution in [0.1, 0.15) is 22.3 Å². The van der Waals surface area contributed by atoms with Gasteiger partial charge in [-0.1, -0.05) is 24.3 Å². The molecule has 0 unspecified atom stereocenters. The fourth-order valence-electron chi connectivity index (χ4n) is 3.30. The lowest BCUT2D eigenvalue weighted by atomic mass is 9.97. The fourth-order valence-corrected chi connectivity index (χ4v) is 3.30. The second-order valence-electron chi connectivity index (χ2n) is 7.09. The van der Waals surface area contributed by atoms with Gasteiger partial charge < -0.3 is 14.8 Å². The molecule has 3 aromatic carbocycles. The van der Waals surface area contributed by atoms with Crippen LogP contribution < -0.4 is 26.1 Å². The molecule has 6 nitrogen and oxygen atoms in total. The molecule has 0 heterocycles. The number of hydrogen-bond donors (Lipinski definition) is 3. The average molecular weight is 422 g/mol. The van der Waals surface area contributed by atoms with Crippen molar-refractivity contribution >= 4 is 12.1 Å². The predicted octanol–water partition coefficient (Wildman–Crippen LogP) is 4.51. The summed E-state index contributed by atoms with van der Waals surface area (Å²) in [5.74, 6) is 6.20. The summed E-state index contributed by atoms with van der Waals surface area (Å²) in [6.07, 6.45) is 0.403. The third kappa shape index (κ3) is 6.23. The van der Waals surface area contributed by atoms with E-state index in [0.717, 1.165) is 22.7 Å². The van der Waals surface area contributed by atoms with Gasteiger partial charge in [0.25, 0.3) is 0 Å². The van der Waals surface area contributed by atoms with Crippen LogP contribution in [0.25, 0.3) is 11.1 Å². The Kier molecular flexibility index (Phi) is 8.91. The van der Waals surface area contributed by atoms with E-state index in [1.54, 1.807) is 12.5 Å². The van der Waals surface area contributed by atoms with Crippen molar-refractivity contribution in [2.45, 2.75) is 27.4 Å². The molecule has 0 bridgehead atoms. The summed E-state index contributed by atoms with van der Waals surface area (Å²) in [6.45, 7) is 6.88. The Morgan fingerprint density at radius 1 is 0.968 bits per heavy atom. The number of ether oxygens (including phenoxy) is 2. The van der Waals surface area contributed by atoms with Crippen LogP contribution >= 0.6 is 0 Å². The van der Waals surface area contributed by atoms with Gasteiger partial charge in [-0.25, -0.2) is 5.84 Å². The maximum Gasteiger partial charge on any atom is 0.221 e. The number of benzene rings is 3. The molecular weight excluding hydrogens is 390 g/mol.